The number of urea groups is 1. The van der Waals surface area contributed by atoms with Gasteiger partial charge in [0, 0.05) is 31.2 Å². The third kappa shape index (κ3) is 3.27. The Morgan fingerprint density at radius 2 is 1.76 bits per heavy atom. The number of nitrogens with one attached hydrogen (secondary N) is 2. The molecular weight excluding hydrogens is 312 g/mol. The smallest absolute Gasteiger partial charge is 0.318 e. The second kappa shape index (κ2) is 6.96. The second-order valence-corrected chi connectivity index (χ2v) is 7.98. The molecule has 2 amide bonds. The van der Waals surface area contributed by atoms with Gasteiger partial charge in [0.15, 0.2) is 0 Å². The van der Waals surface area contributed by atoms with E-state index in [1.54, 1.807) is 0 Å². The first-order valence-electron chi connectivity index (χ1n) is 9.74. The minimum Gasteiger partial charge on any atom is -0.336 e. The molecule has 0 aliphatic carbocycles. The van der Waals surface area contributed by atoms with E-state index >= 15 is 0 Å². The molecule has 3 aliphatic heterocycles. The zero-order valence-electron chi connectivity index (χ0n) is 15.2. The molecule has 5 heteroatoms. The van der Waals surface area contributed by atoms with Crippen molar-refractivity contribution in [2.24, 2.45) is 0 Å². The lowest BCUT2D eigenvalue weighted by atomic mass is 9.86. The Morgan fingerprint density at radius 3 is 2.44 bits per heavy atom. The van der Waals surface area contributed by atoms with Crippen molar-refractivity contribution in [2.45, 2.75) is 50.2 Å². The second-order valence-electron chi connectivity index (χ2n) is 7.98. The van der Waals surface area contributed by atoms with Gasteiger partial charge in [-0.1, -0.05) is 30.3 Å². The number of carbonyl (C=O) groups is 1. The van der Waals surface area contributed by atoms with Gasteiger partial charge in [0.25, 0.3) is 0 Å². The molecule has 25 heavy (non-hydrogen) atoms. The van der Waals surface area contributed by atoms with Crippen molar-refractivity contribution in [2.75, 3.05) is 32.7 Å². The molecular formula is C20H30N4O. The van der Waals surface area contributed by atoms with Crippen LogP contribution in [0.3, 0.4) is 0 Å². The van der Waals surface area contributed by atoms with Gasteiger partial charge < -0.3 is 15.5 Å². The van der Waals surface area contributed by atoms with Crippen LogP contribution in [-0.4, -0.2) is 60.1 Å². The Morgan fingerprint density at radius 1 is 1.08 bits per heavy atom. The monoisotopic (exact) mass is 342 g/mol. The Balaban J connectivity index is 1.43. The highest BCUT2D eigenvalue weighted by Crippen LogP contribution is 2.34. The first-order chi connectivity index (χ1) is 12.2. The molecule has 0 unspecified atom stereocenters. The molecule has 3 aliphatic rings. The molecule has 1 aromatic rings. The van der Waals surface area contributed by atoms with Gasteiger partial charge in [0.2, 0.25) is 0 Å². The Kier molecular flexibility index (Phi) is 4.69. The minimum absolute atomic E-state index is 0.111. The molecule has 1 atom stereocenters. The topological polar surface area (TPSA) is 47.6 Å². The number of piperidine rings is 2. The normalized spacial score (nSPS) is 28.1. The van der Waals surface area contributed by atoms with Crippen LogP contribution in [0, 0.1) is 0 Å². The third-order valence-electron chi connectivity index (χ3n) is 6.50. The van der Waals surface area contributed by atoms with Crippen molar-refractivity contribution in [3.63, 3.8) is 0 Å². The van der Waals surface area contributed by atoms with E-state index in [-0.39, 0.29) is 12.1 Å². The Bertz CT molecular complexity index is 591. The third-order valence-corrected chi connectivity index (χ3v) is 6.50. The van der Waals surface area contributed by atoms with Crippen molar-refractivity contribution < 1.29 is 4.79 Å². The van der Waals surface area contributed by atoms with Crippen molar-refractivity contribution >= 4 is 6.03 Å². The number of carbonyl (C=O) groups excluding carboxylic acids is 1. The summed E-state index contributed by atoms with van der Waals surface area (Å²) in [6.07, 6.45) is 4.63. The zero-order chi connectivity index (χ0) is 17.3. The van der Waals surface area contributed by atoms with Gasteiger partial charge in [-0.15, -0.1) is 0 Å². The van der Waals surface area contributed by atoms with E-state index in [2.05, 4.69) is 51.6 Å². The van der Waals surface area contributed by atoms with Gasteiger partial charge >= 0.3 is 6.03 Å². The minimum atomic E-state index is 0.111. The van der Waals surface area contributed by atoms with Crippen molar-refractivity contribution in [1.29, 1.82) is 0 Å². The average Bonchev–Trinajstić information content (AvgIpc) is 3.05. The maximum atomic E-state index is 12.5. The number of rotatable bonds is 3. The Hall–Kier alpha value is -1.59. The van der Waals surface area contributed by atoms with Crippen LogP contribution in [-0.2, 0) is 0 Å². The van der Waals surface area contributed by atoms with Crippen molar-refractivity contribution in [1.82, 2.24) is 20.4 Å². The number of hydrogen-bond donors (Lipinski definition) is 2. The molecule has 4 rings (SSSR count). The predicted molar refractivity (Wildman–Crippen MR) is 99.5 cm³/mol. The fraction of sp³-hybridized carbons (Fsp3) is 0.650. The van der Waals surface area contributed by atoms with Crippen LogP contribution in [0.4, 0.5) is 4.79 Å². The van der Waals surface area contributed by atoms with Gasteiger partial charge in [-0.2, -0.15) is 0 Å². The molecule has 5 nitrogen and oxygen atoms in total. The van der Waals surface area contributed by atoms with E-state index in [1.807, 2.05) is 6.07 Å². The predicted octanol–water partition coefficient (Wildman–Crippen LogP) is 2.36. The number of amides is 2. The average molecular weight is 342 g/mol. The van der Waals surface area contributed by atoms with Crippen LogP contribution in [0.25, 0.3) is 0 Å². The van der Waals surface area contributed by atoms with Crippen LogP contribution >= 0.6 is 0 Å². The number of benzene rings is 1. The molecule has 0 radical (unpaired) electrons. The maximum absolute atomic E-state index is 12.5. The molecule has 3 saturated heterocycles. The summed E-state index contributed by atoms with van der Waals surface area (Å²) in [6.45, 7) is 7.61. The Labute approximate surface area is 150 Å². The summed E-state index contributed by atoms with van der Waals surface area (Å²) in [7, 11) is 0. The van der Waals surface area contributed by atoms with E-state index in [0.717, 1.165) is 45.6 Å². The molecule has 0 bridgehead atoms. The van der Waals surface area contributed by atoms with E-state index in [0.29, 0.717) is 11.6 Å². The van der Waals surface area contributed by atoms with Crippen LogP contribution < -0.4 is 10.6 Å². The maximum Gasteiger partial charge on any atom is 0.318 e. The first kappa shape index (κ1) is 16.9. The quantitative estimate of drug-likeness (QED) is 0.886. The summed E-state index contributed by atoms with van der Waals surface area (Å²) < 4.78 is 0. The SMILES string of the molecule is CC1(N2CCC(N3C(=O)NC[C@H]3c3ccccc3)CC2)CCNCC1. The summed E-state index contributed by atoms with van der Waals surface area (Å²) in [4.78, 5) is 17.3. The largest absolute Gasteiger partial charge is 0.336 e. The van der Waals surface area contributed by atoms with Gasteiger partial charge in [-0.25, -0.2) is 4.79 Å². The summed E-state index contributed by atoms with van der Waals surface area (Å²) in [5, 5.41) is 6.54. The molecule has 2 N–H and O–H groups in total. The van der Waals surface area contributed by atoms with Gasteiger partial charge in [0.05, 0.1) is 6.04 Å². The van der Waals surface area contributed by atoms with Crippen LogP contribution in [0.1, 0.15) is 44.2 Å². The van der Waals surface area contributed by atoms with Crippen LogP contribution in [0.15, 0.2) is 30.3 Å². The van der Waals surface area contributed by atoms with E-state index in [9.17, 15) is 4.79 Å². The summed E-state index contributed by atoms with van der Waals surface area (Å²) in [6, 6.07) is 11.1. The molecule has 1 aromatic carbocycles. The molecule has 3 fully saturated rings. The van der Waals surface area contributed by atoms with Crippen molar-refractivity contribution in [3.8, 4) is 0 Å². The van der Waals surface area contributed by atoms with Gasteiger partial charge in [0.1, 0.15) is 0 Å². The summed E-state index contributed by atoms with van der Waals surface area (Å²) in [5.74, 6) is 0. The van der Waals surface area contributed by atoms with Crippen LogP contribution in [0.5, 0.6) is 0 Å². The summed E-state index contributed by atoms with van der Waals surface area (Å²) >= 11 is 0. The fourth-order valence-electron chi connectivity index (χ4n) is 4.85. The standard InChI is InChI=1S/C20H30N4O/c1-20(9-11-21-12-10-20)23-13-7-17(8-14-23)24-18(15-22-19(24)25)16-5-3-2-4-6-16/h2-6,17-18,21H,7-15H2,1H3,(H,22,25)/t18-/m0/s1. The molecule has 3 heterocycles. The van der Waals surface area contributed by atoms with Gasteiger partial charge in [-0.05, 0) is 51.3 Å². The lowest BCUT2D eigenvalue weighted by Gasteiger charge is -2.48. The highest BCUT2D eigenvalue weighted by Gasteiger charge is 2.41. The molecule has 0 aromatic heterocycles. The zero-order valence-corrected chi connectivity index (χ0v) is 15.2. The fourth-order valence-corrected chi connectivity index (χ4v) is 4.85. The van der Waals surface area contributed by atoms with E-state index in [4.69, 9.17) is 0 Å². The van der Waals surface area contributed by atoms with Crippen molar-refractivity contribution in [3.05, 3.63) is 35.9 Å². The van der Waals surface area contributed by atoms with E-state index in [1.165, 1.54) is 18.4 Å². The number of nitrogens with zero attached hydrogens (tertiary/aromatic N) is 2. The van der Waals surface area contributed by atoms with Gasteiger partial charge in [-0.3, -0.25) is 4.90 Å². The first-order valence-corrected chi connectivity index (χ1v) is 9.74. The highest BCUT2D eigenvalue weighted by molar-refractivity contribution is 5.77. The number of hydrogen-bond acceptors (Lipinski definition) is 3. The molecule has 0 saturated carbocycles. The number of likely N-dealkylation sites (tertiary alicyclic amines) is 1. The summed E-state index contributed by atoms with van der Waals surface area (Å²) in [5.41, 5.74) is 1.58. The van der Waals surface area contributed by atoms with E-state index < -0.39 is 0 Å². The molecule has 0 spiro atoms. The lowest BCUT2D eigenvalue weighted by molar-refractivity contribution is 0.0269. The van der Waals surface area contributed by atoms with Crippen LogP contribution in [0.2, 0.25) is 0 Å². The lowest BCUT2D eigenvalue weighted by Crippen LogP contribution is -2.57. The molecule has 136 valence electrons. The highest BCUT2D eigenvalue weighted by atomic mass is 16.2.